The molecule has 0 spiro atoms. The Kier molecular flexibility index (Phi) is 4.70. The summed E-state index contributed by atoms with van der Waals surface area (Å²) in [4.78, 5) is 14.0. The lowest BCUT2D eigenvalue weighted by molar-refractivity contribution is -0.114. The molecule has 0 saturated carbocycles. The van der Waals surface area contributed by atoms with Crippen LogP contribution in [0.4, 0.5) is 0 Å². The first-order valence-corrected chi connectivity index (χ1v) is 6.92. The number of piperidine rings is 1. The van der Waals surface area contributed by atoms with Crippen LogP contribution < -0.4 is 0 Å². The van der Waals surface area contributed by atoms with Crippen LogP contribution in [0.5, 0.6) is 0 Å². The minimum atomic E-state index is -0.299. The number of hydrogen-bond acceptors (Lipinski definition) is 3. The van der Waals surface area contributed by atoms with Crippen LogP contribution in [-0.2, 0) is 10.2 Å². The fourth-order valence-electron chi connectivity index (χ4n) is 2.80. The summed E-state index contributed by atoms with van der Waals surface area (Å²) in [5.74, 6) is 0. The van der Waals surface area contributed by atoms with E-state index in [1.807, 2.05) is 18.2 Å². The number of unbranched alkanes of at least 4 members (excludes halogenated alkanes) is 1. The van der Waals surface area contributed by atoms with Crippen molar-refractivity contribution >= 4 is 6.29 Å². The van der Waals surface area contributed by atoms with E-state index in [1.165, 1.54) is 0 Å². The predicted octanol–water partition coefficient (Wildman–Crippen LogP) is 2.52. The molecule has 0 unspecified atom stereocenters. The van der Waals surface area contributed by atoms with E-state index in [-0.39, 0.29) is 5.41 Å². The van der Waals surface area contributed by atoms with Crippen molar-refractivity contribution in [3.05, 3.63) is 35.9 Å². The summed E-state index contributed by atoms with van der Waals surface area (Å²) in [7, 11) is 0. The summed E-state index contributed by atoms with van der Waals surface area (Å²) in [6.07, 6.45) is 4.44. The van der Waals surface area contributed by atoms with Crippen molar-refractivity contribution in [2.75, 3.05) is 19.6 Å². The molecule has 1 heterocycles. The standard InChI is InChI=1S/C16H20N2O/c17-10-4-5-11-18-12-8-16(14-19,9-13-18)15-6-2-1-3-7-15/h1-3,6-7,14H,4-5,8-9,11-13H2. The minimum Gasteiger partial charge on any atom is -0.303 e. The van der Waals surface area contributed by atoms with Gasteiger partial charge in [0.15, 0.2) is 0 Å². The second-order valence-electron chi connectivity index (χ2n) is 5.24. The smallest absolute Gasteiger partial charge is 0.130 e. The van der Waals surface area contributed by atoms with Gasteiger partial charge in [-0.3, -0.25) is 0 Å². The molecule has 3 heteroatoms. The van der Waals surface area contributed by atoms with Crippen molar-refractivity contribution in [3.8, 4) is 6.07 Å². The van der Waals surface area contributed by atoms with Crippen LogP contribution in [0.1, 0.15) is 31.2 Å². The monoisotopic (exact) mass is 256 g/mol. The summed E-state index contributed by atoms with van der Waals surface area (Å²) in [6, 6.07) is 12.3. The molecule has 1 saturated heterocycles. The SMILES string of the molecule is N#CCCCN1CCC(C=O)(c2ccccc2)CC1. The second kappa shape index (κ2) is 6.49. The van der Waals surface area contributed by atoms with Gasteiger partial charge in [0.25, 0.3) is 0 Å². The maximum absolute atomic E-state index is 11.6. The van der Waals surface area contributed by atoms with E-state index in [1.54, 1.807) is 0 Å². The average molecular weight is 256 g/mol. The number of rotatable bonds is 5. The normalized spacial score (nSPS) is 18.7. The Labute approximate surface area is 114 Å². The Morgan fingerprint density at radius 3 is 2.53 bits per heavy atom. The van der Waals surface area contributed by atoms with E-state index in [0.29, 0.717) is 6.42 Å². The predicted molar refractivity (Wildman–Crippen MR) is 74.7 cm³/mol. The highest BCUT2D eigenvalue weighted by Gasteiger charge is 2.35. The molecule has 1 aliphatic rings. The zero-order valence-corrected chi connectivity index (χ0v) is 11.2. The molecule has 0 bridgehead atoms. The van der Waals surface area contributed by atoms with Crippen LogP contribution in [-0.4, -0.2) is 30.8 Å². The number of likely N-dealkylation sites (tertiary alicyclic amines) is 1. The number of nitriles is 1. The lowest BCUT2D eigenvalue weighted by Crippen LogP contribution is -2.43. The largest absolute Gasteiger partial charge is 0.303 e. The number of hydrogen-bond donors (Lipinski definition) is 0. The molecule has 1 fully saturated rings. The minimum absolute atomic E-state index is 0.299. The number of nitrogens with zero attached hydrogens (tertiary/aromatic N) is 2. The topological polar surface area (TPSA) is 44.1 Å². The molecule has 1 aromatic carbocycles. The molecule has 100 valence electrons. The molecule has 0 amide bonds. The van der Waals surface area contributed by atoms with E-state index < -0.39 is 0 Å². The van der Waals surface area contributed by atoms with Crippen molar-refractivity contribution in [1.29, 1.82) is 5.26 Å². The summed E-state index contributed by atoms with van der Waals surface area (Å²) in [5, 5.41) is 8.55. The van der Waals surface area contributed by atoms with Gasteiger partial charge in [0.2, 0.25) is 0 Å². The first-order chi connectivity index (χ1) is 9.30. The Balaban J connectivity index is 1.97. The van der Waals surface area contributed by atoms with Crippen molar-refractivity contribution < 1.29 is 4.79 Å². The molecule has 1 aliphatic heterocycles. The molecule has 0 aliphatic carbocycles. The maximum Gasteiger partial charge on any atom is 0.130 e. The number of carbonyl (C=O) groups excluding carboxylic acids is 1. The summed E-state index contributed by atoms with van der Waals surface area (Å²) < 4.78 is 0. The van der Waals surface area contributed by atoms with Crippen molar-refractivity contribution in [3.63, 3.8) is 0 Å². The van der Waals surface area contributed by atoms with Crippen LogP contribution in [0.25, 0.3) is 0 Å². The van der Waals surface area contributed by atoms with Gasteiger partial charge in [0.05, 0.1) is 11.5 Å². The summed E-state index contributed by atoms with van der Waals surface area (Å²) in [6.45, 7) is 2.86. The van der Waals surface area contributed by atoms with Gasteiger partial charge in [0, 0.05) is 6.42 Å². The van der Waals surface area contributed by atoms with Crippen molar-refractivity contribution in [1.82, 2.24) is 4.90 Å². The molecule has 2 rings (SSSR count). The van der Waals surface area contributed by atoms with Gasteiger partial charge in [0.1, 0.15) is 6.29 Å². The highest BCUT2D eigenvalue weighted by Crippen LogP contribution is 2.33. The lowest BCUT2D eigenvalue weighted by atomic mass is 9.74. The first-order valence-electron chi connectivity index (χ1n) is 6.92. The van der Waals surface area contributed by atoms with E-state index >= 15 is 0 Å². The summed E-state index contributed by atoms with van der Waals surface area (Å²) in [5.41, 5.74) is 0.842. The third kappa shape index (κ3) is 3.21. The zero-order chi connectivity index (χ0) is 13.6. The highest BCUT2D eigenvalue weighted by molar-refractivity contribution is 5.68. The van der Waals surface area contributed by atoms with E-state index in [2.05, 4.69) is 23.1 Å². The Morgan fingerprint density at radius 1 is 1.26 bits per heavy atom. The molecular weight excluding hydrogens is 236 g/mol. The highest BCUT2D eigenvalue weighted by atomic mass is 16.1. The zero-order valence-electron chi connectivity index (χ0n) is 11.2. The average Bonchev–Trinajstić information content (AvgIpc) is 2.49. The van der Waals surface area contributed by atoms with Crippen LogP contribution in [0.3, 0.4) is 0 Å². The number of benzene rings is 1. The lowest BCUT2D eigenvalue weighted by Gasteiger charge is -2.38. The first kappa shape index (κ1) is 13.8. The van der Waals surface area contributed by atoms with Crippen LogP contribution in [0, 0.1) is 11.3 Å². The van der Waals surface area contributed by atoms with Crippen molar-refractivity contribution in [2.24, 2.45) is 0 Å². The fraction of sp³-hybridized carbons (Fsp3) is 0.500. The van der Waals surface area contributed by atoms with Gasteiger partial charge in [-0.05, 0) is 44.5 Å². The third-order valence-electron chi connectivity index (χ3n) is 4.09. The van der Waals surface area contributed by atoms with Gasteiger partial charge >= 0.3 is 0 Å². The Hall–Kier alpha value is -1.66. The van der Waals surface area contributed by atoms with Crippen LogP contribution in [0.2, 0.25) is 0 Å². The van der Waals surface area contributed by atoms with E-state index in [0.717, 1.165) is 50.7 Å². The fourth-order valence-corrected chi connectivity index (χ4v) is 2.80. The molecule has 0 N–H and O–H groups in total. The van der Waals surface area contributed by atoms with Crippen LogP contribution in [0.15, 0.2) is 30.3 Å². The molecule has 1 aromatic rings. The second-order valence-corrected chi connectivity index (χ2v) is 5.24. The molecule has 0 radical (unpaired) electrons. The van der Waals surface area contributed by atoms with E-state index in [4.69, 9.17) is 5.26 Å². The van der Waals surface area contributed by atoms with Gasteiger partial charge < -0.3 is 9.69 Å². The van der Waals surface area contributed by atoms with Gasteiger partial charge in [-0.2, -0.15) is 5.26 Å². The third-order valence-corrected chi connectivity index (χ3v) is 4.09. The Morgan fingerprint density at radius 2 is 1.95 bits per heavy atom. The van der Waals surface area contributed by atoms with Gasteiger partial charge in [-0.1, -0.05) is 30.3 Å². The molecule has 19 heavy (non-hydrogen) atoms. The molecule has 0 atom stereocenters. The van der Waals surface area contributed by atoms with Crippen LogP contribution >= 0.6 is 0 Å². The van der Waals surface area contributed by atoms with Gasteiger partial charge in [-0.25, -0.2) is 0 Å². The number of aldehydes is 1. The number of carbonyl (C=O) groups is 1. The van der Waals surface area contributed by atoms with Crippen molar-refractivity contribution in [2.45, 2.75) is 31.1 Å². The molecule has 0 aromatic heterocycles. The Bertz CT molecular complexity index is 442. The van der Waals surface area contributed by atoms with Gasteiger partial charge in [-0.15, -0.1) is 0 Å². The quantitative estimate of drug-likeness (QED) is 0.600. The van der Waals surface area contributed by atoms with E-state index in [9.17, 15) is 4.79 Å². The summed E-state index contributed by atoms with van der Waals surface area (Å²) >= 11 is 0. The maximum atomic E-state index is 11.6. The molecule has 3 nitrogen and oxygen atoms in total. The molecular formula is C16H20N2O.